The van der Waals surface area contributed by atoms with Gasteiger partial charge in [0.1, 0.15) is 17.6 Å². The summed E-state index contributed by atoms with van der Waals surface area (Å²) in [5.74, 6) is -0.204. The number of methoxy groups -OCH3 is 1. The number of ether oxygens (including phenoxy) is 2. The number of hydrogen-bond acceptors (Lipinski definition) is 7. The predicted molar refractivity (Wildman–Crippen MR) is 165 cm³/mol. The second kappa shape index (κ2) is 14.0. The summed E-state index contributed by atoms with van der Waals surface area (Å²) in [6.07, 6.45) is -5.24. The molecule has 3 aromatic carbocycles. The summed E-state index contributed by atoms with van der Waals surface area (Å²) in [6.45, 7) is 3.21. The zero-order chi connectivity index (χ0) is 33.8. The highest BCUT2D eigenvalue weighted by Crippen LogP contribution is 2.32. The van der Waals surface area contributed by atoms with Crippen molar-refractivity contribution in [3.05, 3.63) is 77.9 Å². The van der Waals surface area contributed by atoms with Crippen LogP contribution in [-0.4, -0.2) is 80.7 Å². The number of nitrogens with one attached hydrogen (secondary N) is 2. The van der Waals surface area contributed by atoms with E-state index < -0.39 is 45.8 Å². The van der Waals surface area contributed by atoms with E-state index in [0.717, 1.165) is 24.3 Å². The SMILES string of the molecule is COc1ccc(S(=O)(=O)N(C)C[C@H]2Oc3ccc(NC(=O)Nc4ccc(C(F)(F)F)cc4)cc3C(=O)N([C@@H](C)CO)C[C@@H]2C)cc1. The van der Waals surface area contributed by atoms with E-state index in [2.05, 4.69) is 10.6 Å². The lowest BCUT2D eigenvalue weighted by Gasteiger charge is -2.38. The van der Waals surface area contributed by atoms with Gasteiger partial charge in [-0.15, -0.1) is 0 Å². The first-order valence-electron chi connectivity index (χ1n) is 14.2. The van der Waals surface area contributed by atoms with Gasteiger partial charge in [0.05, 0.1) is 42.3 Å². The predicted octanol–water partition coefficient (Wildman–Crippen LogP) is 4.90. The van der Waals surface area contributed by atoms with Crippen molar-refractivity contribution in [2.24, 2.45) is 5.92 Å². The number of halogens is 3. The lowest BCUT2D eigenvalue weighted by Crippen LogP contribution is -2.50. The number of aliphatic hydroxyl groups excluding tert-OH is 1. The second-order valence-corrected chi connectivity index (χ2v) is 13.0. The van der Waals surface area contributed by atoms with Crippen LogP contribution in [0.2, 0.25) is 0 Å². The van der Waals surface area contributed by atoms with Gasteiger partial charge in [-0.2, -0.15) is 17.5 Å². The Hall–Kier alpha value is -4.34. The number of fused-ring (bicyclic) bond motifs is 1. The number of urea groups is 1. The Balaban J connectivity index is 1.58. The Bertz CT molecular complexity index is 1650. The van der Waals surface area contributed by atoms with Gasteiger partial charge in [-0.25, -0.2) is 13.2 Å². The van der Waals surface area contributed by atoms with Gasteiger partial charge in [-0.05, 0) is 73.7 Å². The molecule has 0 bridgehead atoms. The van der Waals surface area contributed by atoms with E-state index in [1.54, 1.807) is 19.1 Å². The molecule has 3 atom stereocenters. The number of amides is 3. The molecule has 1 aliphatic heterocycles. The molecule has 15 heteroatoms. The van der Waals surface area contributed by atoms with Crippen LogP contribution in [0.15, 0.2) is 71.6 Å². The maximum Gasteiger partial charge on any atom is 0.416 e. The summed E-state index contributed by atoms with van der Waals surface area (Å²) < 4.78 is 77.8. The van der Waals surface area contributed by atoms with Gasteiger partial charge >= 0.3 is 12.2 Å². The van der Waals surface area contributed by atoms with E-state index in [9.17, 15) is 36.3 Å². The second-order valence-electron chi connectivity index (χ2n) is 10.9. The molecule has 0 spiro atoms. The molecular formula is C31H35F3N4O7S. The van der Waals surface area contributed by atoms with Gasteiger partial charge in [0.2, 0.25) is 10.0 Å². The molecule has 1 aliphatic rings. The lowest BCUT2D eigenvalue weighted by atomic mass is 9.99. The average molecular weight is 665 g/mol. The van der Waals surface area contributed by atoms with Crippen LogP contribution >= 0.6 is 0 Å². The smallest absolute Gasteiger partial charge is 0.416 e. The number of sulfonamides is 1. The molecule has 0 saturated carbocycles. The third kappa shape index (κ3) is 7.89. The summed E-state index contributed by atoms with van der Waals surface area (Å²) in [5, 5.41) is 14.9. The van der Waals surface area contributed by atoms with Gasteiger partial charge in [-0.1, -0.05) is 6.92 Å². The fourth-order valence-electron chi connectivity index (χ4n) is 4.83. The van der Waals surface area contributed by atoms with Crippen molar-refractivity contribution in [3.8, 4) is 11.5 Å². The topological polar surface area (TPSA) is 138 Å². The number of carbonyl (C=O) groups excluding carboxylic acids is 2. The van der Waals surface area contributed by atoms with E-state index in [0.29, 0.717) is 5.75 Å². The molecule has 3 N–H and O–H groups in total. The lowest BCUT2D eigenvalue weighted by molar-refractivity contribution is -0.137. The van der Waals surface area contributed by atoms with E-state index in [4.69, 9.17) is 9.47 Å². The van der Waals surface area contributed by atoms with Crippen LogP contribution in [0.25, 0.3) is 0 Å². The van der Waals surface area contributed by atoms with Crippen LogP contribution in [0, 0.1) is 5.92 Å². The van der Waals surface area contributed by atoms with Crippen LogP contribution in [0.5, 0.6) is 11.5 Å². The molecule has 11 nitrogen and oxygen atoms in total. The quantitative estimate of drug-likeness (QED) is 0.296. The number of hydrogen-bond donors (Lipinski definition) is 3. The Kier molecular flexibility index (Phi) is 10.5. The van der Waals surface area contributed by atoms with Crippen molar-refractivity contribution in [1.29, 1.82) is 0 Å². The molecule has 4 rings (SSSR count). The number of rotatable bonds is 9. The zero-order valence-corrected chi connectivity index (χ0v) is 26.4. The normalized spacial score (nSPS) is 17.8. The molecule has 0 aromatic heterocycles. The van der Waals surface area contributed by atoms with Crippen LogP contribution < -0.4 is 20.1 Å². The van der Waals surface area contributed by atoms with Crippen molar-refractivity contribution in [1.82, 2.24) is 9.21 Å². The highest BCUT2D eigenvalue weighted by atomic mass is 32.2. The van der Waals surface area contributed by atoms with Gasteiger partial charge in [0, 0.05) is 30.9 Å². The van der Waals surface area contributed by atoms with Crippen molar-refractivity contribution in [2.75, 3.05) is 44.5 Å². The Labute approximate surface area is 265 Å². The molecule has 248 valence electrons. The van der Waals surface area contributed by atoms with Crippen molar-refractivity contribution >= 4 is 33.3 Å². The Morgan fingerprint density at radius 3 is 2.28 bits per heavy atom. The standard InChI is InChI=1S/C31H35F3N4O7S/c1-19-16-38(20(2)18-39)29(40)26-15-23(36-30(41)35-22-7-5-21(6-8-22)31(32,33)34)9-14-27(26)45-28(19)17-37(3)46(42,43)25-12-10-24(44-4)11-13-25/h5-15,19-20,28,39H,16-18H2,1-4H3,(H2,35,36,41)/t19-,20-,28+/m0/s1. The van der Waals surface area contributed by atoms with Crippen LogP contribution in [0.3, 0.4) is 0 Å². The number of nitrogens with zero attached hydrogens (tertiary/aromatic N) is 2. The highest BCUT2D eigenvalue weighted by Gasteiger charge is 2.35. The largest absolute Gasteiger partial charge is 0.497 e. The monoisotopic (exact) mass is 664 g/mol. The summed E-state index contributed by atoms with van der Waals surface area (Å²) in [6, 6.07) is 12.8. The molecule has 1 heterocycles. The third-order valence-electron chi connectivity index (χ3n) is 7.60. The van der Waals surface area contributed by atoms with Gasteiger partial charge in [0.15, 0.2) is 0 Å². The average Bonchev–Trinajstić information content (AvgIpc) is 3.02. The first-order valence-corrected chi connectivity index (χ1v) is 15.7. The van der Waals surface area contributed by atoms with E-state index >= 15 is 0 Å². The molecule has 3 amide bonds. The molecule has 0 saturated heterocycles. The zero-order valence-electron chi connectivity index (χ0n) is 25.5. The first kappa shape index (κ1) is 34.5. The summed E-state index contributed by atoms with van der Waals surface area (Å²) in [7, 11) is -1.02. The minimum Gasteiger partial charge on any atom is -0.497 e. The maximum absolute atomic E-state index is 13.7. The summed E-state index contributed by atoms with van der Waals surface area (Å²) >= 11 is 0. The number of aliphatic hydroxyl groups is 1. The number of carbonyl (C=O) groups is 2. The summed E-state index contributed by atoms with van der Waals surface area (Å²) in [5.41, 5.74) is -0.506. The number of likely N-dealkylation sites (N-methyl/N-ethyl adjacent to an activating group) is 1. The van der Waals surface area contributed by atoms with E-state index in [-0.39, 0.29) is 53.2 Å². The number of alkyl halides is 3. The van der Waals surface area contributed by atoms with Crippen LogP contribution in [0.4, 0.5) is 29.3 Å². The molecule has 0 radical (unpaired) electrons. The molecule has 0 fully saturated rings. The highest BCUT2D eigenvalue weighted by molar-refractivity contribution is 7.89. The molecular weight excluding hydrogens is 629 g/mol. The molecule has 0 unspecified atom stereocenters. The van der Waals surface area contributed by atoms with Crippen LogP contribution in [0.1, 0.15) is 29.8 Å². The summed E-state index contributed by atoms with van der Waals surface area (Å²) in [4.78, 5) is 27.9. The van der Waals surface area contributed by atoms with E-state index in [1.807, 2.05) is 6.92 Å². The van der Waals surface area contributed by atoms with Crippen molar-refractivity contribution in [2.45, 2.75) is 37.1 Å². The van der Waals surface area contributed by atoms with Crippen molar-refractivity contribution < 1.29 is 45.8 Å². The van der Waals surface area contributed by atoms with Gasteiger partial charge in [-0.3, -0.25) is 4.79 Å². The van der Waals surface area contributed by atoms with Crippen LogP contribution in [-0.2, 0) is 16.2 Å². The fraction of sp³-hybridized carbons (Fsp3) is 0.355. The fourth-order valence-corrected chi connectivity index (χ4v) is 6.02. The maximum atomic E-state index is 13.7. The Morgan fingerprint density at radius 1 is 1.09 bits per heavy atom. The minimum absolute atomic E-state index is 0.0604. The van der Waals surface area contributed by atoms with Gasteiger partial charge in [0.25, 0.3) is 5.91 Å². The molecule has 3 aromatic rings. The molecule has 46 heavy (non-hydrogen) atoms. The minimum atomic E-state index is -4.52. The van der Waals surface area contributed by atoms with E-state index in [1.165, 1.54) is 53.7 Å². The number of anilines is 2. The first-order chi connectivity index (χ1) is 21.6. The molecule has 0 aliphatic carbocycles. The third-order valence-corrected chi connectivity index (χ3v) is 9.44. The number of benzene rings is 3. The van der Waals surface area contributed by atoms with Gasteiger partial charge < -0.3 is 30.1 Å². The Morgan fingerprint density at radius 2 is 1.70 bits per heavy atom. The van der Waals surface area contributed by atoms with Crippen molar-refractivity contribution in [3.63, 3.8) is 0 Å².